The van der Waals surface area contributed by atoms with Gasteiger partial charge in [0.15, 0.2) is 0 Å². The van der Waals surface area contributed by atoms with Gasteiger partial charge in [-0.2, -0.15) is 0 Å². The Labute approximate surface area is 105 Å². The molecule has 5 nitrogen and oxygen atoms in total. The molecule has 0 aliphatic carbocycles. The maximum Gasteiger partial charge on any atom is 0.137 e. The highest BCUT2D eigenvalue weighted by molar-refractivity contribution is 5.90. The number of nitrogens with zero attached hydrogens (tertiary/aromatic N) is 2. The summed E-state index contributed by atoms with van der Waals surface area (Å²) in [4.78, 5) is 19.3. The van der Waals surface area contributed by atoms with Crippen molar-refractivity contribution in [2.24, 2.45) is 5.92 Å². The highest BCUT2D eigenvalue weighted by atomic mass is 16.4. The predicted octanol–water partition coefficient (Wildman–Crippen LogP) is 0.816. The number of anilines is 1. The van der Waals surface area contributed by atoms with Gasteiger partial charge in [-0.3, -0.25) is 0 Å². The largest absolute Gasteiger partial charge is 0.548 e. The van der Waals surface area contributed by atoms with E-state index in [9.17, 15) is 9.90 Å². The maximum absolute atomic E-state index is 11.1. The molecule has 0 saturated carbocycles. The second-order valence-electron chi connectivity index (χ2n) is 4.42. The van der Waals surface area contributed by atoms with Gasteiger partial charge >= 0.3 is 0 Å². The number of carboxylic acid groups (broad SMARTS) is 1. The minimum Gasteiger partial charge on any atom is -0.548 e. The van der Waals surface area contributed by atoms with Crippen molar-refractivity contribution in [2.45, 2.75) is 19.9 Å². The molecule has 0 aliphatic rings. The molecule has 0 bridgehead atoms. The minimum atomic E-state index is -1.13. The molecular weight excluding hydrogens is 230 g/mol. The molecule has 1 N–H and O–H groups in total. The fraction of sp³-hybridized carbons (Fsp3) is 0.308. The lowest BCUT2D eigenvalue weighted by molar-refractivity contribution is -0.307. The van der Waals surface area contributed by atoms with Crippen molar-refractivity contribution in [1.82, 2.24) is 9.97 Å². The van der Waals surface area contributed by atoms with Crippen molar-refractivity contribution in [2.75, 3.05) is 5.32 Å². The number of carbonyl (C=O) groups is 1. The van der Waals surface area contributed by atoms with Crippen molar-refractivity contribution < 1.29 is 9.90 Å². The van der Waals surface area contributed by atoms with E-state index in [1.165, 1.54) is 6.33 Å². The van der Waals surface area contributed by atoms with E-state index in [1.807, 2.05) is 38.1 Å². The van der Waals surface area contributed by atoms with Gasteiger partial charge in [-0.1, -0.05) is 26.0 Å². The molecule has 0 aliphatic heterocycles. The standard InChI is InChI=1S/C13H15N3O2/c1-8(2)11(13(17)18)16-12-9-5-3-4-6-10(9)14-7-15-12/h3-8,11H,1-2H3,(H,17,18)(H,14,15,16)/p-1/t11-/m1/s1. The maximum atomic E-state index is 11.1. The van der Waals surface area contributed by atoms with Crippen LogP contribution in [0.1, 0.15) is 13.8 Å². The van der Waals surface area contributed by atoms with Crippen LogP contribution >= 0.6 is 0 Å². The number of hydrogen-bond acceptors (Lipinski definition) is 5. The monoisotopic (exact) mass is 244 g/mol. The molecule has 1 atom stereocenters. The van der Waals surface area contributed by atoms with Gasteiger partial charge in [0.05, 0.1) is 17.5 Å². The molecule has 1 aromatic heterocycles. The lowest BCUT2D eigenvalue weighted by Gasteiger charge is -2.24. The molecule has 5 heteroatoms. The fourth-order valence-corrected chi connectivity index (χ4v) is 1.76. The fourth-order valence-electron chi connectivity index (χ4n) is 1.76. The number of aromatic nitrogens is 2. The zero-order valence-electron chi connectivity index (χ0n) is 10.3. The van der Waals surface area contributed by atoms with Crippen molar-refractivity contribution in [3.8, 4) is 0 Å². The molecule has 0 radical (unpaired) electrons. The number of carbonyl (C=O) groups excluding carboxylic acids is 1. The van der Waals surface area contributed by atoms with Crippen LogP contribution in [0.5, 0.6) is 0 Å². The smallest absolute Gasteiger partial charge is 0.137 e. The van der Waals surface area contributed by atoms with E-state index in [-0.39, 0.29) is 5.92 Å². The van der Waals surface area contributed by atoms with Gasteiger partial charge in [-0.25, -0.2) is 9.97 Å². The molecule has 0 fully saturated rings. The SMILES string of the molecule is CC(C)[C@@H](Nc1ncnc2ccccc12)C(=O)[O-]. The molecule has 0 spiro atoms. The number of para-hydroxylation sites is 1. The third-order valence-corrected chi connectivity index (χ3v) is 2.76. The highest BCUT2D eigenvalue weighted by Gasteiger charge is 2.16. The van der Waals surface area contributed by atoms with E-state index in [4.69, 9.17) is 0 Å². The number of hydrogen-bond donors (Lipinski definition) is 1. The Morgan fingerprint density at radius 3 is 2.67 bits per heavy atom. The summed E-state index contributed by atoms with van der Waals surface area (Å²) in [7, 11) is 0. The lowest BCUT2D eigenvalue weighted by Crippen LogP contribution is -2.44. The summed E-state index contributed by atoms with van der Waals surface area (Å²) in [6, 6.07) is 6.66. The second kappa shape index (κ2) is 5.00. The Hall–Kier alpha value is -2.17. The molecule has 94 valence electrons. The van der Waals surface area contributed by atoms with E-state index in [1.54, 1.807) is 0 Å². The summed E-state index contributed by atoms with van der Waals surface area (Å²) >= 11 is 0. The number of carboxylic acids is 1. The summed E-state index contributed by atoms with van der Waals surface area (Å²) in [5.74, 6) is -0.708. The van der Waals surface area contributed by atoms with E-state index in [2.05, 4.69) is 15.3 Å². The van der Waals surface area contributed by atoms with Crippen LogP contribution < -0.4 is 10.4 Å². The Balaban J connectivity index is 2.39. The average Bonchev–Trinajstić information content (AvgIpc) is 2.35. The van der Waals surface area contributed by atoms with Crippen LogP contribution in [0, 0.1) is 5.92 Å². The number of fused-ring (bicyclic) bond motifs is 1. The first-order chi connectivity index (χ1) is 8.59. The van der Waals surface area contributed by atoms with E-state index in [0.29, 0.717) is 5.82 Å². The van der Waals surface area contributed by atoms with Gasteiger partial charge in [-0.05, 0) is 18.1 Å². The highest BCUT2D eigenvalue weighted by Crippen LogP contribution is 2.20. The van der Waals surface area contributed by atoms with Gasteiger partial charge in [0.25, 0.3) is 0 Å². The predicted molar refractivity (Wildman–Crippen MR) is 66.8 cm³/mol. The van der Waals surface area contributed by atoms with Crippen molar-refractivity contribution >= 4 is 22.7 Å². The molecule has 1 aromatic carbocycles. The van der Waals surface area contributed by atoms with E-state index < -0.39 is 12.0 Å². The first-order valence-corrected chi connectivity index (χ1v) is 5.76. The number of nitrogens with one attached hydrogen (secondary N) is 1. The van der Waals surface area contributed by atoms with Crippen LogP contribution in [0.15, 0.2) is 30.6 Å². The summed E-state index contributed by atoms with van der Waals surface area (Å²) in [6.07, 6.45) is 1.41. The zero-order valence-corrected chi connectivity index (χ0v) is 10.3. The van der Waals surface area contributed by atoms with E-state index >= 15 is 0 Å². The van der Waals surface area contributed by atoms with Gasteiger partial charge in [-0.15, -0.1) is 0 Å². The minimum absolute atomic E-state index is 0.0938. The average molecular weight is 244 g/mol. The molecule has 1 heterocycles. The Bertz CT molecular complexity index is 564. The van der Waals surface area contributed by atoms with Gasteiger partial charge in [0.2, 0.25) is 0 Å². The molecular formula is C13H14N3O2-. The topological polar surface area (TPSA) is 77.9 Å². The van der Waals surface area contributed by atoms with Crippen LogP contribution in [0.25, 0.3) is 10.9 Å². The van der Waals surface area contributed by atoms with Crippen molar-refractivity contribution in [3.05, 3.63) is 30.6 Å². The first kappa shape index (κ1) is 12.3. The Kier molecular flexibility index (Phi) is 3.41. The molecule has 0 saturated heterocycles. The zero-order chi connectivity index (χ0) is 13.1. The van der Waals surface area contributed by atoms with Gasteiger partial charge in [0.1, 0.15) is 12.1 Å². The Morgan fingerprint density at radius 1 is 1.28 bits per heavy atom. The number of rotatable bonds is 4. The molecule has 0 unspecified atom stereocenters. The second-order valence-corrected chi connectivity index (χ2v) is 4.42. The molecule has 18 heavy (non-hydrogen) atoms. The van der Waals surface area contributed by atoms with Gasteiger partial charge in [0, 0.05) is 5.39 Å². The summed E-state index contributed by atoms with van der Waals surface area (Å²) < 4.78 is 0. The third kappa shape index (κ3) is 2.40. The number of benzene rings is 1. The quantitative estimate of drug-likeness (QED) is 0.861. The first-order valence-electron chi connectivity index (χ1n) is 5.76. The molecule has 2 aromatic rings. The van der Waals surface area contributed by atoms with Crippen LogP contribution in [-0.2, 0) is 4.79 Å². The summed E-state index contributed by atoms with van der Waals surface area (Å²) in [5, 5.41) is 14.8. The molecule has 0 amide bonds. The van der Waals surface area contributed by atoms with Gasteiger partial charge < -0.3 is 15.2 Å². The van der Waals surface area contributed by atoms with Crippen molar-refractivity contribution in [1.29, 1.82) is 0 Å². The van der Waals surface area contributed by atoms with Crippen LogP contribution in [0.2, 0.25) is 0 Å². The van der Waals surface area contributed by atoms with Crippen LogP contribution in [-0.4, -0.2) is 22.0 Å². The lowest BCUT2D eigenvalue weighted by atomic mass is 10.0. The normalized spacial score (nSPS) is 12.6. The summed E-state index contributed by atoms with van der Waals surface area (Å²) in [5.41, 5.74) is 0.774. The van der Waals surface area contributed by atoms with Crippen LogP contribution in [0.3, 0.4) is 0 Å². The third-order valence-electron chi connectivity index (χ3n) is 2.76. The van der Waals surface area contributed by atoms with Crippen molar-refractivity contribution in [3.63, 3.8) is 0 Å². The number of aliphatic carboxylic acids is 1. The Morgan fingerprint density at radius 2 is 2.00 bits per heavy atom. The van der Waals surface area contributed by atoms with Crippen LogP contribution in [0.4, 0.5) is 5.82 Å². The summed E-state index contributed by atoms with van der Waals surface area (Å²) in [6.45, 7) is 3.63. The van der Waals surface area contributed by atoms with E-state index in [0.717, 1.165) is 10.9 Å². The molecule has 2 rings (SSSR count).